The predicted molar refractivity (Wildman–Crippen MR) is 65.4 cm³/mol. The molecule has 0 aromatic heterocycles. The van der Waals surface area contributed by atoms with Gasteiger partial charge < -0.3 is 10.6 Å². The van der Waals surface area contributed by atoms with Gasteiger partial charge >= 0.3 is 0 Å². The molecular formula is C13H18N2O. The molecule has 0 saturated carbocycles. The number of benzene rings is 1. The highest BCUT2D eigenvalue weighted by molar-refractivity contribution is 5.99. The van der Waals surface area contributed by atoms with Crippen molar-refractivity contribution in [1.82, 2.24) is 0 Å². The van der Waals surface area contributed by atoms with Gasteiger partial charge in [0.15, 0.2) is 0 Å². The largest absolute Gasteiger partial charge is 0.320 e. The second-order valence-corrected chi connectivity index (χ2v) is 4.40. The van der Waals surface area contributed by atoms with Crippen molar-refractivity contribution in [2.24, 2.45) is 5.73 Å². The molecule has 1 aliphatic heterocycles. The normalized spacial score (nSPS) is 20.7. The summed E-state index contributed by atoms with van der Waals surface area (Å²) in [5, 5.41) is 0. The summed E-state index contributed by atoms with van der Waals surface area (Å²) in [5.74, 6) is 0.0416. The Labute approximate surface area is 96.2 Å². The monoisotopic (exact) mass is 218 g/mol. The molecule has 2 atom stereocenters. The van der Waals surface area contributed by atoms with Gasteiger partial charge in [0.1, 0.15) is 0 Å². The molecule has 1 aromatic carbocycles. The molecule has 2 unspecified atom stereocenters. The van der Waals surface area contributed by atoms with Gasteiger partial charge in [0.05, 0.1) is 6.04 Å². The molecule has 1 aromatic rings. The number of carbonyl (C=O) groups excluding carboxylic acids is 1. The van der Waals surface area contributed by atoms with Crippen LogP contribution in [0.25, 0.3) is 0 Å². The first kappa shape index (κ1) is 11.1. The summed E-state index contributed by atoms with van der Waals surface area (Å²) in [6.45, 7) is 4.01. The number of hydrogen-bond donors (Lipinski definition) is 1. The van der Waals surface area contributed by atoms with Crippen molar-refractivity contribution in [2.45, 2.75) is 38.8 Å². The van der Waals surface area contributed by atoms with E-state index in [-0.39, 0.29) is 18.0 Å². The molecule has 1 heterocycles. The van der Waals surface area contributed by atoms with Gasteiger partial charge in [-0.15, -0.1) is 0 Å². The van der Waals surface area contributed by atoms with Crippen LogP contribution in [0, 0.1) is 0 Å². The first-order valence-electron chi connectivity index (χ1n) is 5.81. The van der Waals surface area contributed by atoms with E-state index < -0.39 is 0 Å². The number of anilines is 1. The second-order valence-electron chi connectivity index (χ2n) is 4.40. The number of carbonyl (C=O) groups is 1. The Balaban J connectivity index is 2.32. The molecule has 1 amide bonds. The highest BCUT2D eigenvalue weighted by Crippen LogP contribution is 2.32. The number of rotatable bonds is 2. The van der Waals surface area contributed by atoms with Crippen molar-refractivity contribution >= 4 is 11.6 Å². The molecule has 2 N–H and O–H groups in total. The maximum absolute atomic E-state index is 12.2. The number of nitrogens with two attached hydrogens (primary N) is 1. The molecular weight excluding hydrogens is 200 g/mol. The molecule has 0 saturated heterocycles. The third-order valence-corrected chi connectivity index (χ3v) is 3.20. The molecule has 3 nitrogen and oxygen atoms in total. The Morgan fingerprint density at radius 1 is 1.56 bits per heavy atom. The van der Waals surface area contributed by atoms with Crippen LogP contribution in [-0.2, 0) is 11.2 Å². The van der Waals surface area contributed by atoms with Crippen LogP contribution in [0.2, 0.25) is 0 Å². The quantitative estimate of drug-likeness (QED) is 0.821. The molecule has 0 spiro atoms. The van der Waals surface area contributed by atoms with E-state index in [1.165, 1.54) is 5.56 Å². The Morgan fingerprint density at radius 3 is 2.94 bits per heavy atom. The van der Waals surface area contributed by atoms with Gasteiger partial charge in [-0.3, -0.25) is 4.79 Å². The van der Waals surface area contributed by atoms with Crippen molar-refractivity contribution in [3.05, 3.63) is 29.8 Å². The summed E-state index contributed by atoms with van der Waals surface area (Å²) >= 11 is 0. The van der Waals surface area contributed by atoms with Crippen LogP contribution in [0.15, 0.2) is 24.3 Å². The summed E-state index contributed by atoms with van der Waals surface area (Å²) in [5.41, 5.74) is 8.10. The van der Waals surface area contributed by atoms with Gasteiger partial charge in [0.25, 0.3) is 0 Å². The van der Waals surface area contributed by atoms with Crippen LogP contribution >= 0.6 is 0 Å². The van der Waals surface area contributed by atoms with Gasteiger partial charge in [-0.05, 0) is 31.4 Å². The average Bonchev–Trinajstić information content (AvgIpc) is 2.63. The van der Waals surface area contributed by atoms with E-state index in [4.69, 9.17) is 5.73 Å². The van der Waals surface area contributed by atoms with E-state index in [2.05, 4.69) is 13.0 Å². The summed E-state index contributed by atoms with van der Waals surface area (Å²) < 4.78 is 0. The second kappa shape index (κ2) is 4.26. The lowest BCUT2D eigenvalue weighted by atomic mass is 10.1. The zero-order valence-corrected chi connectivity index (χ0v) is 9.81. The summed E-state index contributed by atoms with van der Waals surface area (Å²) in [7, 11) is 0. The van der Waals surface area contributed by atoms with Crippen molar-refractivity contribution in [3.63, 3.8) is 0 Å². The van der Waals surface area contributed by atoms with Crippen molar-refractivity contribution < 1.29 is 4.79 Å². The van der Waals surface area contributed by atoms with Gasteiger partial charge in [0.2, 0.25) is 5.91 Å². The van der Waals surface area contributed by atoms with E-state index in [0.717, 1.165) is 12.1 Å². The Morgan fingerprint density at radius 2 is 2.25 bits per heavy atom. The van der Waals surface area contributed by atoms with E-state index >= 15 is 0 Å². The lowest BCUT2D eigenvalue weighted by molar-refractivity contribution is -0.120. The van der Waals surface area contributed by atoms with E-state index in [1.54, 1.807) is 0 Å². The molecule has 86 valence electrons. The van der Waals surface area contributed by atoms with Gasteiger partial charge in [-0.2, -0.15) is 0 Å². The number of nitrogens with zero attached hydrogens (tertiary/aromatic N) is 1. The van der Waals surface area contributed by atoms with Gasteiger partial charge in [-0.25, -0.2) is 0 Å². The number of fused-ring (bicyclic) bond motifs is 1. The Bertz CT molecular complexity index is 403. The van der Waals surface area contributed by atoms with Gasteiger partial charge in [0, 0.05) is 11.7 Å². The van der Waals surface area contributed by atoms with Crippen LogP contribution in [0.5, 0.6) is 0 Å². The van der Waals surface area contributed by atoms with Crippen LogP contribution in [0.1, 0.15) is 25.8 Å². The lowest BCUT2D eigenvalue weighted by Crippen LogP contribution is -2.46. The average molecular weight is 218 g/mol. The fourth-order valence-electron chi connectivity index (χ4n) is 2.25. The van der Waals surface area contributed by atoms with Gasteiger partial charge in [-0.1, -0.05) is 25.1 Å². The number of amides is 1. The maximum Gasteiger partial charge on any atom is 0.244 e. The lowest BCUT2D eigenvalue weighted by Gasteiger charge is -2.25. The van der Waals surface area contributed by atoms with Crippen LogP contribution in [0.3, 0.4) is 0 Å². The van der Waals surface area contributed by atoms with E-state index in [9.17, 15) is 4.79 Å². The fourth-order valence-corrected chi connectivity index (χ4v) is 2.25. The zero-order valence-electron chi connectivity index (χ0n) is 9.81. The molecule has 1 aliphatic rings. The minimum absolute atomic E-state index is 0.0416. The summed E-state index contributed by atoms with van der Waals surface area (Å²) in [6, 6.07) is 7.90. The topological polar surface area (TPSA) is 46.3 Å². The molecule has 0 aliphatic carbocycles. The smallest absolute Gasteiger partial charge is 0.244 e. The Hall–Kier alpha value is -1.35. The van der Waals surface area contributed by atoms with Crippen LogP contribution in [-0.4, -0.2) is 18.0 Å². The fraction of sp³-hybridized carbons (Fsp3) is 0.462. The first-order valence-corrected chi connectivity index (χ1v) is 5.81. The predicted octanol–water partition coefficient (Wildman–Crippen LogP) is 1.70. The van der Waals surface area contributed by atoms with E-state index in [0.29, 0.717) is 6.42 Å². The highest BCUT2D eigenvalue weighted by atomic mass is 16.2. The Kier molecular flexibility index (Phi) is 2.97. The standard InChI is InChI=1S/C13H18N2O/c1-3-11(14)13(16)15-9(2)8-10-6-4-5-7-12(10)15/h4-7,9,11H,3,8,14H2,1-2H3. The molecule has 0 bridgehead atoms. The molecule has 0 fully saturated rings. The third-order valence-electron chi connectivity index (χ3n) is 3.20. The third kappa shape index (κ3) is 1.71. The minimum atomic E-state index is -0.381. The van der Waals surface area contributed by atoms with E-state index in [1.807, 2.05) is 30.0 Å². The highest BCUT2D eigenvalue weighted by Gasteiger charge is 2.32. The zero-order chi connectivity index (χ0) is 11.7. The molecule has 3 heteroatoms. The van der Waals surface area contributed by atoms with Crippen molar-refractivity contribution in [3.8, 4) is 0 Å². The van der Waals surface area contributed by atoms with Crippen molar-refractivity contribution in [2.75, 3.05) is 4.90 Å². The van der Waals surface area contributed by atoms with Crippen molar-refractivity contribution in [1.29, 1.82) is 0 Å². The maximum atomic E-state index is 12.2. The molecule has 16 heavy (non-hydrogen) atoms. The molecule has 2 rings (SSSR count). The first-order chi connectivity index (χ1) is 7.65. The van der Waals surface area contributed by atoms with Crippen LogP contribution < -0.4 is 10.6 Å². The SMILES string of the molecule is CCC(N)C(=O)N1c2ccccc2CC1C. The molecule has 0 radical (unpaired) electrons. The summed E-state index contributed by atoms with van der Waals surface area (Å²) in [6.07, 6.45) is 1.61. The van der Waals surface area contributed by atoms with Crippen LogP contribution in [0.4, 0.5) is 5.69 Å². The minimum Gasteiger partial charge on any atom is -0.320 e. The number of hydrogen-bond acceptors (Lipinski definition) is 2. The number of para-hydroxylation sites is 1. The summed E-state index contributed by atoms with van der Waals surface area (Å²) in [4.78, 5) is 14.0.